The third-order valence-corrected chi connectivity index (χ3v) is 7.81. The molecule has 0 bridgehead atoms. The molecule has 6 nitrogen and oxygen atoms in total. The molecule has 1 amide bonds. The fourth-order valence-electron chi connectivity index (χ4n) is 5.55. The highest BCUT2D eigenvalue weighted by Crippen LogP contribution is 2.47. The van der Waals surface area contributed by atoms with Crippen LogP contribution in [0.3, 0.4) is 0 Å². The van der Waals surface area contributed by atoms with Gasteiger partial charge in [0.25, 0.3) is 5.91 Å². The number of fused-ring (bicyclic) bond motifs is 1. The monoisotopic (exact) mass is 564 g/mol. The Balaban J connectivity index is 1.62. The van der Waals surface area contributed by atoms with Crippen LogP contribution in [0.1, 0.15) is 47.3 Å². The van der Waals surface area contributed by atoms with Gasteiger partial charge in [-0.05, 0) is 77.9 Å². The van der Waals surface area contributed by atoms with Crippen LogP contribution in [-0.2, 0) is 0 Å². The Morgan fingerprint density at radius 3 is 2.08 bits per heavy atom. The molecule has 0 N–H and O–H groups in total. The lowest BCUT2D eigenvalue weighted by Crippen LogP contribution is -2.33. The van der Waals surface area contributed by atoms with Crippen LogP contribution in [0.4, 0.5) is 0 Å². The molecule has 3 aromatic rings. The zero-order valence-electron chi connectivity index (χ0n) is 22.3. The number of hydrazone groups is 1. The number of hydrogen-bond acceptors (Lipinski definition) is 5. The first kappa shape index (κ1) is 27.1. The number of carbonyl (C=O) groups excluding carboxylic acids is 1. The van der Waals surface area contributed by atoms with Crippen molar-refractivity contribution in [2.24, 2.45) is 16.9 Å². The van der Waals surface area contributed by atoms with Gasteiger partial charge in [0.05, 0.1) is 33.1 Å². The van der Waals surface area contributed by atoms with Gasteiger partial charge in [-0.2, -0.15) is 5.10 Å². The molecule has 0 spiro atoms. The Bertz CT molecular complexity index is 1410. The Morgan fingerprint density at radius 2 is 1.51 bits per heavy atom. The van der Waals surface area contributed by atoms with E-state index in [0.29, 0.717) is 38.8 Å². The summed E-state index contributed by atoms with van der Waals surface area (Å²) in [6.07, 6.45) is 3.94. The highest BCUT2D eigenvalue weighted by Gasteiger charge is 2.45. The Morgan fingerprint density at radius 1 is 0.923 bits per heavy atom. The summed E-state index contributed by atoms with van der Waals surface area (Å²) in [4.78, 5) is 14.2. The topological polar surface area (TPSA) is 60.4 Å². The second kappa shape index (κ2) is 11.3. The Kier molecular flexibility index (Phi) is 7.87. The molecule has 0 radical (unpaired) electrons. The van der Waals surface area contributed by atoms with Gasteiger partial charge >= 0.3 is 0 Å². The first-order valence-corrected chi connectivity index (χ1v) is 13.5. The van der Waals surface area contributed by atoms with E-state index in [1.807, 2.05) is 48.5 Å². The fourth-order valence-corrected chi connectivity index (χ4v) is 5.80. The lowest BCUT2D eigenvalue weighted by Gasteiger charge is -2.32. The molecule has 3 unspecified atom stereocenters. The molecular weight excluding hydrogens is 535 g/mol. The standard InChI is InChI=1S/C31H30Cl2N2O4/c1-18-13-21(15-19-5-9-23(32)10-6-19)28-25(14-18)29(20-7-11-24(33)12-8-20)35(34-28)31(36)22-16-26(37-2)30(39-4)27(17-22)38-3/h5-12,15-18,25,29H,13-14H2,1-4H3/b21-15+. The first-order chi connectivity index (χ1) is 18.8. The number of benzene rings is 3. The molecule has 1 aliphatic carbocycles. The van der Waals surface area contributed by atoms with E-state index in [1.165, 1.54) is 21.3 Å². The molecule has 2 aliphatic rings. The van der Waals surface area contributed by atoms with Crippen LogP contribution in [-0.4, -0.2) is 38.0 Å². The van der Waals surface area contributed by atoms with Crippen LogP contribution < -0.4 is 14.2 Å². The average Bonchev–Trinajstić information content (AvgIpc) is 3.32. The predicted molar refractivity (Wildman–Crippen MR) is 155 cm³/mol. The van der Waals surface area contributed by atoms with Crippen molar-refractivity contribution < 1.29 is 19.0 Å². The molecule has 0 saturated heterocycles. The number of rotatable bonds is 6. The van der Waals surface area contributed by atoms with Gasteiger partial charge < -0.3 is 14.2 Å². The van der Waals surface area contributed by atoms with E-state index in [-0.39, 0.29) is 17.9 Å². The van der Waals surface area contributed by atoms with Gasteiger partial charge in [0.2, 0.25) is 5.75 Å². The van der Waals surface area contributed by atoms with E-state index in [2.05, 4.69) is 13.0 Å². The third-order valence-electron chi connectivity index (χ3n) is 7.31. The highest BCUT2D eigenvalue weighted by atomic mass is 35.5. The quantitative estimate of drug-likeness (QED) is 0.307. The van der Waals surface area contributed by atoms with Crippen molar-refractivity contribution in [1.82, 2.24) is 5.01 Å². The van der Waals surface area contributed by atoms with E-state index in [1.54, 1.807) is 17.1 Å². The van der Waals surface area contributed by atoms with Crippen LogP contribution in [0.5, 0.6) is 17.2 Å². The molecule has 8 heteroatoms. The Labute approximate surface area is 238 Å². The van der Waals surface area contributed by atoms with Gasteiger partial charge in [0.1, 0.15) is 0 Å². The molecule has 1 fully saturated rings. The maximum Gasteiger partial charge on any atom is 0.274 e. The minimum absolute atomic E-state index is 0.0273. The van der Waals surface area contributed by atoms with Gasteiger partial charge in [-0.1, -0.05) is 54.4 Å². The van der Waals surface area contributed by atoms with Crippen molar-refractivity contribution in [3.63, 3.8) is 0 Å². The molecule has 3 atom stereocenters. The van der Waals surface area contributed by atoms with Gasteiger partial charge in [-0.15, -0.1) is 0 Å². The summed E-state index contributed by atoms with van der Waals surface area (Å²) in [6, 6.07) is 18.4. The van der Waals surface area contributed by atoms with Crippen molar-refractivity contribution in [3.8, 4) is 17.2 Å². The summed E-state index contributed by atoms with van der Waals surface area (Å²) in [5.41, 5.74) is 4.47. The summed E-state index contributed by atoms with van der Waals surface area (Å²) in [6.45, 7) is 2.25. The molecule has 1 heterocycles. The molecule has 202 valence electrons. The van der Waals surface area contributed by atoms with E-state index >= 15 is 0 Å². The number of nitrogens with zero attached hydrogens (tertiary/aromatic N) is 2. The third kappa shape index (κ3) is 5.36. The SMILES string of the molecule is COc1cc(C(=O)N2N=C3/C(=C/c4ccc(Cl)cc4)CC(C)CC3C2c2ccc(Cl)cc2)cc(OC)c1OC. The second-order valence-electron chi connectivity index (χ2n) is 9.92. The molecule has 5 rings (SSSR count). The number of carbonyl (C=O) groups is 1. The minimum Gasteiger partial charge on any atom is -0.493 e. The van der Waals surface area contributed by atoms with Gasteiger partial charge in [0, 0.05) is 21.5 Å². The van der Waals surface area contributed by atoms with Crippen LogP contribution in [0.25, 0.3) is 6.08 Å². The van der Waals surface area contributed by atoms with Gasteiger partial charge in [0.15, 0.2) is 11.5 Å². The van der Waals surface area contributed by atoms with Gasteiger partial charge in [-0.3, -0.25) is 4.79 Å². The molecular formula is C31H30Cl2N2O4. The summed E-state index contributed by atoms with van der Waals surface area (Å²) in [5, 5.41) is 7.95. The zero-order valence-corrected chi connectivity index (χ0v) is 23.8. The molecule has 3 aromatic carbocycles. The lowest BCUT2D eigenvalue weighted by molar-refractivity contribution is 0.0675. The number of amides is 1. The van der Waals surface area contributed by atoms with E-state index < -0.39 is 0 Å². The number of allylic oxidation sites excluding steroid dienone is 1. The van der Waals surface area contributed by atoms with E-state index in [0.717, 1.165) is 35.3 Å². The smallest absolute Gasteiger partial charge is 0.274 e. The van der Waals surface area contributed by atoms with Crippen LogP contribution in [0.15, 0.2) is 71.3 Å². The van der Waals surface area contributed by atoms with Crippen molar-refractivity contribution >= 4 is 40.9 Å². The first-order valence-electron chi connectivity index (χ1n) is 12.8. The second-order valence-corrected chi connectivity index (χ2v) is 10.8. The molecule has 0 aromatic heterocycles. The Hall–Kier alpha value is -3.48. The normalized spacial score (nSPS) is 21.4. The van der Waals surface area contributed by atoms with Crippen molar-refractivity contribution in [1.29, 1.82) is 0 Å². The molecule has 1 aliphatic heterocycles. The van der Waals surface area contributed by atoms with Crippen LogP contribution in [0.2, 0.25) is 10.0 Å². The van der Waals surface area contributed by atoms with E-state index in [4.69, 9.17) is 42.5 Å². The van der Waals surface area contributed by atoms with Crippen molar-refractivity contribution in [2.75, 3.05) is 21.3 Å². The number of ether oxygens (including phenoxy) is 3. The highest BCUT2D eigenvalue weighted by molar-refractivity contribution is 6.30. The number of methoxy groups -OCH3 is 3. The van der Waals surface area contributed by atoms with Crippen molar-refractivity contribution in [3.05, 3.63) is 93.0 Å². The van der Waals surface area contributed by atoms with E-state index in [9.17, 15) is 4.79 Å². The average molecular weight is 565 g/mol. The molecule has 1 saturated carbocycles. The summed E-state index contributed by atoms with van der Waals surface area (Å²) in [7, 11) is 4.59. The number of hydrogen-bond donors (Lipinski definition) is 0. The largest absolute Gasteiger partial charge is 0.493 e. The van der Waals surface area contributed by atoms with Crippen molar-refractivity contribution in [2.45, 2.75) is 25.8 Å². The minimum atomic E-state index is -0.291. The number of halogens is 2. The van der Waals surface area contributed by atoms with Crippen LogP contribution >= 0.6 is 23.2 Å². The van der Waals surface area contributed by atoms with Crippen LogP contribution in [0, 0.1) is 11.8 Å². The van der Waals surface area contributed by atoms with Gasteiger partial charge in [-0.25, -0.2) is 5.01 Å². The summed E-state index contributed by atoms with van der Waals surface area (Å²) < 4.78 is 16.5. The maximum absolute atomic E-state index is 14.2. The zero-order chi connectivity index (χ0) is 27.7. The maximum atomic E-state index is 14.2. The lowest BCUT2D eigenvalue weighted by atomic mass is 9.73. The fraction of sp³-hybridized carbons (Fsp3) is 0.290. The molecule has 39 heavy (non-hydrogen) atoms. The predicted octanol–water partition coefficient (Wildman–Crippen LogP) is 7.70. The summed E-state index contributed by atoms with van der Waals surface area (Å²) >= 11 is 12.3. The summed E-state index contributed by atoms with van der Waals surface area (Å²) in [5.74, 6) is 1.43.